The van der Waals surface area contributed by atoms with Gasteiger partial charge in [-0.3, -0.25) is 0 Å². The molecule has 0 bridgehead atoms. The number of ether oxygens (including phenoxy) is 1. The van der Waals surface area contributed by atoms with Gasteiger partial charge in [-0.2, -0.15) is 4.31 Å². The van der Waals surface area contributed by atoms with Crippen LogP contribution >= 0.6 is 0 Å². The smallest absolute Gasteiger partial charge is 0.243 e. The number of sulfonamides is 1. The van der Waals surface area contributed by atoms with Crippen LogP contribution in [-0.2, 0) is 21.2 Å². The largest absolute Gasteiger partial charge is 0.384 e. The van der Waals surface area contributed by atoms with Crippen molar-refractivity contribution < 1.29 is 13.2 Å². The Bertz CT molecular complexity index is 630. The highest BCUT2D eigenvalue weighted by molar-refractivity contribution is 7.89. The summed E-state index contributed by atoms with van der Waals surface area (Å²) in [4.78, 5) is 0.398. The molecule has 5 nitrogen and oxygen atoms in total. The van der Waals surface area contributed by atoms with Crippen LogP contribution in [0.15, 0.2) is 23.1 Å². The van der Waals surface area contributed by atoms with E-state index in [1.54, 1.807) is 17.5 Å². The lowest BCUT2D eigenvalue weighted by molar-refractivity contribution is 0.0184. The van der Waals surface area contributed by atoms with E-state index < -0.39 is 10.0 Å². The van der Waals surface area contributed by atoms with E-state index in [0.29, 0.717) is 23.9 Å². The number of nitrogens with one attached hydrogen (secondary N) is 1. The molecule has 0 spiro atoms. The molecule has 1 fully saturated rings. The minimum atomic E-state index is -3.42. The van der Waals surface area contributed by atoms with E-state index in [0.717, 1.165) is 30.6 Å². The molecule has 116 valence electrons. The summed E-state index contributed by atoms with van der Waals surface area (Å²) < 4.78 is 32.6. The fourth-order valence-corrected chi connectivity index (χ4v) is 4.64. The highest BCUT2D eigenvalue weighted by Gasteiger charge is 2.34. The highest BCUT2D eigenvalue weighted by atomic mass is 32.2. The van der Waals surface area contributed by atoms with Crippen LogP contribution in [-0.4, -0.2) is 45.6 Å². The molecular weight excluding hydrogens is 288 g/mol. The predicted octanol–water partition coefficient (Wildman–Crippen LogP) is 1.70. The summed E-state index contributed by atoms with van der Waals surface area (Å²) >= 11 is 0. The van der Waals surface area contributed by atoms with Crippen molar-refractivity contribution in [2.45, 2.75) is 30.8 Å². The minimum absolute atomic E-state index is 0.0235. The van der Waals surface area contributed by atoms with Gasteiger partial charge in [0.2, 0.25) is 10.0 Å². The Morgan fingerprint density at radius 2 is 2.19 bits per heavy atom. The second kappa shape index (κ2) is 5.59. The first-order valence-electron chi connectivity index (χ1n) is 7.42. The summed E-state index contributed by atoms with van der Waals surface area (Å²) in [7, 11) is -1.77. The van der Waals surface area contributed by atoms with Crippen molar-refractivity contribution in [3.05, 3.63) is 23.8 Å². The molecule has 2 aliphatic rings. The molecule has 3 rings (SSSR count). The number of benzene rings is 1. The number of rotatable bonds is 3. The number of piperidine rings is 1. The van der Waals surface area contributed by atoms with Gasteiger partial charge in [0.1, 0.15) is 0 Å². The maximum Gasteiger partial charge on any atom is 0.243 e. The molecule has 2 unspecified atom stereocenters. The van der Waals surface area contributed by atoms with Crippen molar-refractivity contribution in [1.82, 2.24) is 4.31 Å². The van der Waals surface area contributed by atoms with Crippen molar-refractivity contribution in [3.63, 3.8) is 0 Å². The molecule has 2 aliphatic heterocycles. The first-order valence-corrected chi connectivity index (χ1v) is 8.86. The molecule has 1 aromatic carbocycles. The summed E-state index contributed by atoms with van der Waals surface area (Å²) in [5.74, 6) is 0.394. The zero-order valence-corrected chi connectivity index (χ0v) is 13.3. The summed E-state index contributed by atoms with van der Waals surface area (Å²) in [5, 5.41) is 3.25. The molecule has 6 heteroatoms. The lowest BCUT2D eigenvalue weighted by Gasteiger charge is -2.35. The first-order chi connectivity index (χ1) is 10.0. The van der Waals surface area contributed by atoms with Crippen molar-refractivity contribution in [1.29, 1.82) is 0 Å². The van der Waals surface area contributed by atoms with E-state index in [1.807, 2.05) is 12.1 Å². The van der Waals surface area contributed by atoms with Crippen LogP contribution in [0.2, 0.25) is 0 Å². The van der Waals surface area contributed by atoms with Crippen LogP contribution < -0.4 is 5.32 Å². The lowest BCUT2D eigenvalue weighted by Crippen LogP contribution is -2.46. The summed E-state index contributed by atoms with van der Waals surface area (Å²) in [6.45, 7) is 4.00. The fourth-order valence-electron chi connectivity index (χ4n) is 3.12. The standard InChI is InChI=1S/C15H22N2O3S/c1-11-6-8-17(10-15(11)20-2)21(18,19)13-3-4-14-12(9-13)5-7-16-14/h3-4,9,11,15-16H,5-8,10H2,1-2H3. The quantitative estimate of drug-likeness (QED) is 0.923. The van der Waals surface area contributed by atoms with Crippen LogP contribution in [0.25, 0.3) is 0 Å². The molecule has 0 amide bonds. The number of fused-ring (bicyclic) bond motifs is 1. The zero-order valence-electron chi connectivity index (χ0n) is 12.5. The molecule has 1 saturated heterocycles. The first kappa shape index (κ1) is 14.8. The molecule has 2 heterocycles. The molecule has 2 atom stereocenters. The average Bonchev–Trinajstić information content (AvgIpc) is 2.94. The van der Waals surface area contributed by atoms with Crippen molar-refractivity contribution in [2.75, 3.05) is 32.1 Å². The Kier molecular flexibility index (Phi) is 3.94. The van der Waals surface area contributed by atoms with Gasteiger partial charge in [-0.15, -0.1) is 0 Å². The van der Waals surface area contributed by atoms with Crippen molar-refractivity contribution in [3.8, 4) is 0 Å². The third kappa shape index (κ3) is 2.67. The zero-order chi connectivity index (χ0) is 15.0. The molecule has 21 heavy (non-hydrogen) atoms. The van der Waals surface area contributed by atoms with Crippen LogP contribution in [0.1, 0.15) is 18.9 Å². The Labute approximate surface area is 126 Å². The number of hydrogen-bond acceptors (Lipinski definition) is 4. The summed E-state index contributed by atoms with van der Waals surface area (Å²) in [5.41, 5.74) is 2.14. The van der Waals surface area contributed by atoms with Crippen LogP contribution in [0.5, 0.6) is 0 Å². The number of hydrogen-bond donors (Lipinski definition) is 1. The monoisotopic (exact) mass is 310 g/mol. The van der Waals surface area contributed by atoms with Gasteiger partial charge in [-0.05, 0) is 42.5 Å². The minimum Gasteiger partial charge on any atom is -0.384 e. The molecule has 0 saturated carbocycles. The second-order valence-electron chi connectivity index (χ2n) is 5.90. The van der Waals surface area contributed by atoms with E-state index in [-0.39, 0.29) is 6.10 Å². The van der Waals surface area contributed by atoms with Gasteiger partial charge in [0, 0.05) is 32.4 Å². The van der Waals surface area contributed by atoms with Gasteiger partial charge in [0.15, 0.2) is 0 Å². The van der Waals surface area contributed by atoms with Crippen LogP contribution in [0.3, 0.4) is 0 Å². The number of anilines is 1. The second-order valence-corrected chi connectivity index (χ2v) is 7.84. The topological polar surface area (TPSA) is 58.6 Å². The average molecular weight is 310 g/mol. The Morgan fingerprint density at radius 3 is 2.95 bits per heavy atom. The van der Waals surface area contributed by atoms with E-state index in [1.165, 1.54) is 0 Å². The normalized spacial score (nSPS) is 26.4. The number of methoxy groups -OCH3 is 1. The molecule has 0 radical (unpaired) electrons. The maximum atomic E-state index is 12.8. The maximum absolute atomic E-state index is 12.8. The molecule has 1 N–H and O–H groups in total. The lowest BCUT2D eigenvalue weighted by atomic mass is 9.97. The summed E-state index contributed by atoms with van der Waals surface area (Å²) in [6.07, 6.45) is 1.70. The van der Waals surface area contributed by atoms with Gasteiger partial charge < -0.3 is 10.1 Å². The third-order valence-corrected chi connectivity index (χ3v) is 6.44. The van der Waals surface area contributed by atoms with Gasteiger partial charge >= 0.3 is 0 Å². The van der Waals surface area contributed by atoms with E-state index in [2.05, 4.69) is 12.2 Å². The SMILES string of the molecule is COC1CN(S(=O)(=O)c2ccc3c(c2)CCN3)CCC1C. The Morgan fingerprint density at radius 1 is 1.38 bits per heavy atom. The third-order valence-electron chi connectivity index (χ3n) is 4.58. The highest BCUT2D eigenvalue weighted by Crippen LogP contribution is 2.29. The van der Waals surface area contributed by atoms with Gasteiger partial charge in [0.05, 0.1) is 11.0 Å². The Hall–Kier alpha value is -1.11. The molecule has 0 aromatic heterocycles. The molecule has 0 aliphatic carbocycles. The van der Waals surface area contributed by atoms with E-state index in [4.69, 9.17) is 4.74 Å². The van der Waals surface area contributed by atoms with Crippen LogP contribution in [0.4, 0.5) is 5.69 Å². The molecule has 1 aromatic rings. The van der Waals surface area contributed by atoms with Gasteiger partial charge in [-0.1, -0.05) is 6.92 Å². The van der Waals surface area contributed by atoms with Crippen molar-refractivity contribution in [2.24, 2.45) is 5.92 Å². The van der Waals surface area contributed by atoms with Crippen molar-refractivity contribution >= 4 is 15.7 Å². The predicted molar refractivity (Wildman–Crippen MR) is 82.0 cm³/mol. The van der Waals surface area contributed by atoms with E-state index in [9.17, 15) is 8.42 Å². The fraction of sp³-hybridized carbons (Fsp3) is 0.600. The van der Waals surface area contributed by atoms with E-state index >= 15 is 0 Å². The summed E-state index contributed by atoms with van der Waals surface area (Å²) in [6, 6.07) is 5.38. The van der Waals surface area contributed by atoms with Gasteiger partial charge in [0.25, 0.3) is 0 Å². The Balaban J connectivity index is 1.86. The van der Waals surface area contributed by atoms with Gasteiger partial charge in [-0.25, -0.2) is 8.42 Å². The molecular formula is C15H22N2O3S. The number of nitrogens with zero attached hydrogens (tertiary/aromatic N) is 1. The van der Waals surface area contributed by atoms with Crippen LogP contribution in [0, 0.1) is 5.92 Å².